The van der Waals surface area contributed by atoms with E-state index in [1.54, 1.807) is 12.1 Å². The number of hydrogen-bond donors (Lipinski definition) is 2. The van der Waals surface area contributed by atoms with Crippen LogP contribution >= 0.6 is 0 Å². The molecule has 2 aliphatic rings. The van der Waals surface area contributed by atoms with Crippen molar-refractivity contribution in [1.29, 1.82) is 0 Å². The molecule has 1 aromatic rings. The molecule has 0 aromatic heterocycles. The standard InChI is InChI=1S/C15H20N2O4/c16-11-8-13-14(21-6-5-20-13)9-12(11)17-15(18)7-10-3-1-2-4-19-10/h8-10H,1-7,16H2,(H,17,18). The fraction of sp³-hybridized carbons (Fsp3) is 0.533. The maximum Gasteiger partial charge on any atom is 0.227 e. The van der Waals surface area contributed by atoms with Crippen LogP contribution in [0.3, 0.4) is 0 Å². The number of nitrogens with two attached hydrogens (primary N) is 1. The van der Waals surface area contributed by atoms with E-state index in [1.165, 1.54) is 0 Å². The van der Waals surface area contributed by atoms with E-state index in [4.69, 9.17) is 19.9 Å². The Kier molecular flexibility index (Phi) is 4.15. The Balaban J connectivity index is 1.65. The lowest BCUT2D eigenvalue weighted by molar-refractivity contribution is -0.119. The number of fused-ring (bicyclic) bond motifs is 1. The summed E-state index contributed by atoms with van der Waals surface area (Å²) in [6.45, 7) is 1.75. The molecule has 1 atom stereocenters. The fourth-order valence-electron chi connectivity index (χ4n) is 2.59. The van der Waals surface area contributed by atoms with Crippen LogP contribution in [0.2, 0.25) is 0 Å². The van der Waals surface area contributed by atoms with Crippen molar-refractivity contribution >= 4 is 17.3 Å². The first kappa shape index (κ1) is 14.0. The van der Waals surface area contributed by atoms with Gasteiger partial charge in [0.15, 0.2) is 11.5 Å². The molecule has 0 saturated carbocycles. The van der Waals surface area contributed by atoms with E-state index in [-0.39, 0.29) is 12.0 Å². The van der Waals surface area contributed by atoms with E-state index < -0.39 is 0 Å². The molecule has 0 spiro atoms. The van der Waals surface area contributed by atoms with Gasteiger partial charge in [-0.15, -0.1) is 0 Å². The van der Waals surface area contributed by atoms with Crippen LogP contribution in [0, 0.1) is 0 Å². The molecular formula is C15H20N2O4. The van der Waals surface area contributed by atoms with Crippen LogP contribution in [0.15, 0.2) is 12.1 Å². The Morgan fingerprint density at radius 1 is 1.19 bits per heavy atom. The predicted octanol–water partition coefficient (Wildman–Crippen LogP) is 1.94. The van der Waals surface area contributed by atoms with E-state index in [0.29, 0.717) is 42.5 Å². The molecule has 0 aliphatic carbocycles. The van der Waals surface area contributed by atoms with Crippen LogP contribution in [-0.4, -0.2) is 31.8 Å². The zero-order chi connectivity index (χ0) is 14.7. The zero-order valence-electron chi connectivity index (χ0n) is 11.9. The number of anilines is 2. The third-order valence-electron chi connectivity index (χ3n) is 3.68. The Labute approximate surface area is 123 Å². The summed E-state index contributed by atoms with van der Waals surface area (Å²) in [5, 5.41) is 2.83. The molecule has 3 rings (SSSR count). The summed E-state index contributed by atoms with van der Waals surface area (Å²) in [5.74, 6) is 1.14. The van der Waals surface area contributed by atoms with Crippen LogP contribution in [0.25, 0.3) is 0 Å². The first-order valence-electron chi connectivity index (χ1n) is 7.33. The van der Waals surface area contributed by atoms with Crippen LogP contribution < -0.4 is 20.5 Å². The van der Waals surface area contributed by atoms with E-state index in [2.05, 4.69) is 5.32 Å². The van der Waals surface area contributed by atoms with Crippen molar-refractivity contribution < 1.29 is 19.0 Å². The van der Waals surface area contributed by atoms with Crippen LogP contribution in [-0.2, 0) is 9.53 Å². The second-order valence-corrected chi connectivity index (χ2v) is 5.32. The summed E-state index contributed by atoms with van der Waals surface area (Å²) < 4.78 is 16.5. The number of carbonyl (C=O) groups excluding carboxylic acids is 1. The molecule has 0 radical (unpaired) electrons. The highest BCUT2D eigenvalue weighted by atomic mass is 16.6. The molecule has 1 unspecified atom stereocenters. The number of amides is 1. The van der Waals surface area contributed by atoms with Gasteiger partial charge in [-0.05, 0) is 19.3 Å². The first-order valence-corrected chi connectivity index (χ1v) is 7.33. The van der Waals surface area contributed by atoms with Gasteiger partial charge in [-0.3, -0.25) is 4.79 Å². The molecular weight excluding hydrogens is 272 g/mol. The molecule has 21 heavy (non-hydrogen) atoms. The minimum Gasteiger partial charge on any atom is -0.486 e. The highest BCUT2D eigenvalue weighted by Gasteiger charge is 2.20. The number of rotatable bonds is 3. The molecule has 1 aromatic carbocycles. The molecule has 114 valence electrons. The molecule has 3 N–H and O–H groups in total. The topological polar surface area (TPSA) is 82.8 Å². The van der Waals surface area contributed by atoms with Gasteiger partial charge in [0.1, 0.15) is 13.2 Å². The largest absolute Gasteiger partial charge is 0.486 e. The normalized spacial score (nSPS) is 20.9. The van der Waals surface area contributed by atoms with Gasteiger partial charge in [0.05, 0.1) is 23.9 Å². The van der Waals surface area contributed by atoms with Gasteiger partial charge in [-0.2, -0.15) is 0 Å². The number of benzene rings is 1. The lowest BCUT2D eigenvalue weighted by Crippen LogP contribution is -2.26. The predicted molar refractivity (Wildman–Crippen MR) is 78.7 cm³/mol. The van der Waals surface area contributed by atoms with Crippen molar-refractivity contribution in [1.82, 2.24) is 0 Å². The van der Waals surface area contributed by atoms with E-state index in [9.17, 15) is 4.79 Å². The van der Waals surface area contributed by atoms with E-state index >= 15 is 0 Å². The van der Waals surface area contributed by atoms with Crippen molar-refractivity contribution in [2.24, 2.45) is 0 Å². The molecule has 1 saturated heterocycles. The SMILES string of the molecule is Nc1cc2c(cc1NC(=O)CC1CCCCO1)OCCO2. The van der Waals surface area contributed by atoms with E-state index in [1.807, 2.05) is 0 Å². The molecule has 1 amide bonds. The Morgan fingerprint density at radius 3 is 2.67 bits per heavy atom. The molecule has 2 heterocycles. The van der Waals surface area contributed by atoms with Gasteiger partial charge < -0.3 is 25.3 Å². The van der Waals surface area contributed by atoms with Crippen molar-refractivity contribution in [2.45, 2.75) is 31.8 Å². The second kappa shape index (κ2) is 6.22. The number of hydrogen-bond acceptors (Lipinski definition) is 5. The highest BCUT2D eigenvalue weighted by molar-refractivity contribution is 5.94. The Morgan fingerprint density at radius 2 is 1.95 bits per heavy atom. The summed E-state index contributed by atoms with van der Waals surface area (Å²) in [4.78, 5) is 12.1. The van der Waals surface area contributed by atoms with Crippen molar-refractivity contribution in [2.75, 3.05) is 30.9 Å². The number of nitrogen functional groups attached to an aromatic ring is 1. The van der Waals surface area contributed by atoms with Gasteiger partial charge in [0.2, 0.25) is 5.91 Å². The summed E-state index contributed by atoms with van der Waals surface area (Å²) in [7, 11) is 0. The number of nitrogens with one attached hydrogen (secondary N) is 1. The second-order valence-electron chi connectivity index (χ2n) is 5.32. The monoisotopic (exact) mass is 292 g/mol. The molecule has 6 heteroatoms. The quantitative estimate of drug-likeness (QED) is 0.832. The summed E-state index contributed by atoms with van der Waals surface area (Å²) in [6.07, 6.45) is 3.49. The van der Waals surface area contributed by atoms with Gasteiger partial charge in [0.25, 0.3) is 0 Å². The Bertz CT molecular complexity index is 527. The average molecular weight is 292 g/mol. The van der Waals surface area contributed by atoms with Gasteiger partial charge in [-0.1, -0.05) is 0 Å². The van der Waals surface area contributed by atoms with Crippen LogP contribution in [0.1, 0.15) is 25.7 Å². The third-order valence-corrected chi connectivity index (χ3v) is 3.68. The maximum atomic E-state index is 12.1. The lowest BCUT2D eigenvalue weighted by Gasteiger charge is -2.23. The van der Waals surface area contributed by atoms with Crippen molar-refractivity contribution in [3.8, 4) is 11.5 Å². The zero-order valence-corrected chi connectivity index (χ0v) is 11.9. The van der Waals surface area contributed by atoms with Crippen LogP contribution in [0.5, 0.6) is 11.5 Å². The van der Waals surface area contributed by atoms with Gasteiger partial charge in [0, 0.05) is 18.7 Å². The third kappa shape index (κ3) is 3.39. The van der Waals surface area contributed by atoms with E-state index in [0.717, 1.165) is 25.9 Å². The maximum absolute atomic E-state index is 12.1. The number of carbonyl (C=O) groups is 1. The summed E-state index contributed by atoms with van der Waals surface area (Å²) in [6, 6.07) is 3.39. The molecule has 2 aliphatic heterocycles. The summed E-state index contributed by atoms with van der Waals surface area (Å²) in [5.41, 5.74) is 6.97. The lowest BCUT2D eigenvalue weighted by atomic mass is 10.1. The first-order chi connectivity index (χ1) is 10.2. The van der Waals surface area contributed by atoms with Crippen LogP contribution in [0.4, 0.5) is 11.4 Å². The van der Waals surface area contributed by atoms with Gasteiger partial charge >= 0.3 is 0 Å². The molecule has 1 fully saturated rings. The molecule has 6 nitrogen and oxygen atoms in total. The highest BCUT2D eigenvalue weighted by Crippen LogP contribution is 2.37. The Hall–Kier alpha value is -1.95. The average Bonchev–Trinajstić information content (AvgIpc) is 2.49. The van der Waals surface area contributed by atoms with Gasteiger partial charge in [-0.25, -0.2) is 0 Å². The summed E-state index contributed by atoms with van der Waals surface area (Å²) >= 11 is 0. The minimum atomic E-state index is -0.0923. The minimum absolute atomic E-state index is 0.0113. The smallest absolute Gasteiger partial charge is 0.227 e. The van der Waals surface area contributed by atoms with Crippen molar-refractivity contribution in [3.63, 3.8) is 0 Å². The number of ether oxygens (including phenoxy) is 3. The fourth-order valence-corrected chi connectivity index (χ4v) is 2.59. The molecule has 0 bridgehead atoms. The van der Waals surface area contributed by atoms with Crippen molar-refractivity contribution in [3.05, 3.63) is 12.1 Å².